The Kier molecular flexibility index (Phi) is 41.5. The number of hydrogen-bond donors (Lipinski definition) is 0. The standard InChI is InChI=1S/C21H26O2.C19H22O2.C18H19ClO2.C18H19FO2.8CH4/c1-6-21(4,5)20(22)23-19-13-11-18(12-14-19)17-9-7-16(8-10-17)15(2)3;1-5-19(3,4)18(20)21-17-12-10-16(11-13-17)15-8-6-14(2)7-9-15;2*1-4-18(2,3)17(20)21-16-11-7-14(8-12-16)13-5-9-15(19)10-6-13;;;;;;;;/h7-15H,6H2,1-5H3;6-13H,5H2,1-4H3;2*5-12H,4H2,1-3H3;8*1H4. The van der Waals surface area contributed by atoms with E-state index in [2.05, 4.69) is 69.3 Å². The van der Waals surface area contributed by atoms with Crippen LogP contribution in [0.15, 0.2) is 194 Å². The first-order chi connectivity index (χ1) is 40.6. The van der Waals surface area contributed by atoms with E-state index in [0.717, 1.165) is 64.6 Å². The number of aryl methyl sites for hydroxylation is 1. The van der Waals surface area contributed by atoms with Crippen LogP contribution in [0.5, 0.6) is 23.0 Å². The molecule has 0 unspecified atom stereocenters. The van der Waals surface area contributed by atoms with Gasteiger partial charge in [0.1, 0.15) is 28.8 Å². The van der Waals surface area contributed by atoms with Gasteiger partial charge in [-0.15, -0.1) is 0 Å². The maximum absolute atomic E-state index is 12.9. The van der Waals surface area contributed by atoms with Gasteiger partial charge in [-0.2, -0.15) is 0 Å². The summed E-state index contributed by atoms with van der Waals surface area (Å²) in [5, 5.41) is 0.714. The van der Waals surface area contributed by atoms with Gasteiger partial charge in [0.2, 0.25) is 0 Å². The first-order valence-corrected chi connectivity index (χ1v) is 30.0. The number of benzene rings is 8. The molecule has 8 rings (SSSR count). The minimum Gasteiger partial charge on any atom is -0.426 e. The molecule has 0 fully saturated rings. The monoisotopic (exact) mass is 1310 g/mol. The summed E-state index contributed by atoms with van der Waals surface area (Å²) in [6.07, 6.45) is 2.98. The number of hydrogen-bond acceptors (Lipinski definition) is 8. The molecule has 8 nitrogen and oxygen atoms in total. The highest BCUT2D eigenvalue weighted by Crippen LogP contribution is 2.32. The molecule has 10 heteroatoms. The summed E-state index contributed by atoms with van der Waals surface area (Å²) in [5.41, 5.74) is 9.28. The fourth-order valence-electron chi connectivity index (χ4n) is 7.51. The molecule has 0 aliphatic carbocycles. The highest BCUT2D eigenvalue weighted by atomic mass is 35.5. The third kappa shape index (κ3) is 27.8. The minimum absolute atomic E-state index is 0. The lowest BCUT2D eigenvalue weighted by atomic mass is 9.91. The van der Waals surface area contributed by atoms with Crippen molar-refractivity contribution in [3.05, 3.63) is 216 Å². The molecule has 0 aliphatic heterocycles. The summed E-state index contributed by atoms with van der Waals surface area (Å²) in [7, 11) is 0. The predicted molar refractivity (Wildman–Crippen MR) is 404 cm³/mol. The van der Waals surface area contributed by atoms with Crippen molar-refractivity contribution in [1.29, 1.82) is 0 Å². The third-order valence-corrected chi connectivity index (χ3v) is 15.9. The maximum Gasteiger partial charge on any atom is 0.316 e. The maximum atomic E-state index is 12.9. The van der Waals surface area contributed by atoms with E-state index in [1.165, 1.54) is 28.8 Å². The molecule has 0 saturated heterocycles. The largest absolute Gasteiger partial charge is 0.426 e. The van der Waals surface area contributed by atoms with Crippen LogP contribution in [0.2, 0.25) is 5.02 Å². The molecule has 0 heterocycles. The van der Waals surface area contributed by atoms with Crippen LogP contribution in [0.4, 0.5) is 4.39 Å². The van der Waals surface area contributed by atoms with Crippen LogP contribution in [0.25, 0.3) is 44.5 Å². The summed E-state index contributed by atoms with van der Waals surface area (Å²) in [4.78, 5) is 48.1. The first-order valence-electron chi connectivity index (χ1n) is 29.6. The fourth-order valence-corrected chi connectivity index (χ4v) is 7.64. The Bertz CT molecular complexity index is 3150. The van der Waals surface area contributed by atoms with Gasteiger partial charge in [-0.3, -0.25) is 19.2 Å². The van der Waals surface area contributed by atoms with E-state index in [1.54, 1.807) is 24.3 Å². The zero-order chi connectivity index (χ0) is 63.4. The smallest absolute Gasteiger partial charge is 0.316 e. The average Bonchev–Trinajstić information content (AvgIpc) is 0.898. The first kappa shape index (κ1) is 92.3. The van der Waals surface area contributed by atoms with Gasteiger partial charge in [0.05, 0.1) is 21.7 Å². The summed E-state index contributed by atoms with van der Waals surface area (Å²) in [6.45, 7) is 29.5. The van der Waals surface area contributed by atoms with Crippen LogP contribution in [-0.2, 0) is 19.2 Å². The highest BCUT2D eigenvalue weighted by molar-refractivity contribution is 6.30. The topological polar surface area (TPSA) is 105 Å². The lowest BCUT2D eigenvalue weighted by Gasteiger charge is -2.20. The van der Waals surface area contributed by atoms with E-state index in [-0.39, 0.29) is 89.1 Å². The molecule has 8 aromatic carbocycles. The Morgan fingerprint density at radius 1 is 0.330 bits per heavy atom. The van der Waals surface area contributed by atoms with E-state index in [9.17, 15) is 23.6 Å². The number of halogens is 2. The Labute approximate surface area is 575 Å². The molecular formula is C84H118ClFO8. The van der Waals surface area contributed by atoms with Crippen molar-refractivity contribution in [2.24, 2.45) is 21.7 Å². The molecule has 0 aliphatic rings. The molecule has 0 spiro atoms. The van der Waals surface area contributed by atoms with Crippen molar-refractivity contribution in [3.63, 3.8) is 0 Å². The van der Waals surface area contributed by atoms with Crippen molar-refractivity contribution >= 4 is 35.5 Å². The second-order valence-electron chi connectivity index (χ2n) is 24.3. The quantitative estimate of drug-likeness (QED) is 0.0656. The number of carbonyl (C=O) groups is 4. The van der Waals surface area contributed by atoms with Gasteiger partial charge in [-0.1, -0.05) is 239 Å². The summed E-state index contributed by atoms with van der Waals surface area (Å²) < 4.78 is 34.6. The number of esters is 4. The zero-order valence-electron chi connectivity index (χ0n) is 52.9. The van der Waals surface area contributed by atoms with Gasteiger partial charge in [0.25, 0.3) is 0 Å². The lowest BCUT2D eigenvalue weighted by Crippen LogP contribution is -2.28. The molecule has 0 amide bonds. The molecule has 0 aromatic heterocycles. The van der Waals surface area contributed by atoms with Crippen molar-refractivity contribution in [3.8, 4) is 67.5 Å². The molecule has 94 heavy (non-hydrogen) atoms. The summed E-state index contributed by atoms with van der Waals surface area (Å²) in [6, 6.07) is 60.9. The molecule has 0 saturated carbocycles. The Balaban J connectivity index is -0.000000559. The Hall–Kier alpha value is -8.14. The number of rotatable bonds is 17. The molecule has 8 aromatic rings. The second-order valence-corrected chi connectivity index (χ2v) is 24.7. The van der Waals surface area contributed by atoms with Gasteiger partial charge in [-0.05, 0) is 217 Å². The van der Waals surface area contributed by atoms with Crippen LogP contribution in [0.3, 0.4) is 0 Å². The summed E-state index contributed by atoms with van der Waals surface area (Å²) in [5.74, 6) is 1.74. The molecular weight excluding hydrogens is 1190 g/mol. The van der Waals surface area contributed by atoms with Gasteiger partial charge >= 0.3 is 23.9 Å². The van der Waals surface area contributed by atoms with Crippen LogP contribution in [0, 0.1) is 34.4 Å². The summed E-state index contributed by atoms with van der Waals surface area (Å²) >= 11 is 5.88. The van der Waals surface area contributed by atoms with Gasteiger partial charge < -0.3 is 18.9 Å². The zero-order valence-corrected chi connectivity index (χ0v) is 53.7. The van der Waals surface area contributed by atoms with E-state index >= 15 is 0 Å². The van der Waals surface area contributed by atoms with Crippen molar-refractivity contribution in [2.45, 2.75) is 195 Å². The molecule has 0 N–H and O–H groups in total. The lowest BCUT2D eigenvalue weighted by molar-refractivity contribution is -0.144. The van der Waals surface area contributed by atoms with E-state index < -0.39 is 21.7 Å². The van der Waals surface area contributed by atoms with Crippen LogP contribution in [-0.4, -0.2) is 23.9 Å². The van der Waals surface area contributed by atoms with Crippen LogP contribution >= 0.6 is 11.6 Å². The Morgan fingerprint density at radius 3 is 0.713 bits per heavy atom. The minimum atomic E-state index is -0.490. The number of carbonyl (C=O) groups excluding carboxylic acids is 4. The molecule has 0 radical (unpaired) electrons. The predicted octanol–water partition coefficient (Wildman–Crippen LogP) is 26.1. The highest BCUT2D eigenvalue weighted by Gasteiger charge is 2.30. The van der Waals surface area contributed by atoms with Gasteiger partial charge in [-0.25, -0.2) is 4.39 Å². The van der Waals surface area contributed by atoms with E-state index in [0.29, 0.717) is 33.9 Å². The third-order valence-electron chi connectivity index (χ3n) is 15.7. The van der Waals surface area contributed by atoms with Crippen molar-refractivity contribution in [1.82, 2.24) is 0 Å². The van der Waals surface area contributed by atoms with Crippen molar-refractivity contribution < 1.29 is 42.5 Å². The van der Waals surface area contributed by atoms with E-state index in [1.807, 2.05) is 192 Å². The average molecular weight is 1310 g/mol. The van der Waals surface area contributed by atoms with Gasteiger partial charge in [0, 0.05) is 5.02 Å². The Morgan fingerprint density at radius 2 is 0.511 bits per heavy atom. The van der Waals surface area contributed by atoms with Crippen LogP contribution < -0.4 is 18.9 Å². The van der Waals surface area contributed by atoms with Crippen molar-refractivity contribution in [2.75, 3.05) is 0 Å². The van der Waals surface area contributed by atoms with Gasteiger partial charge in [0.15, 0.2) is 0 Å². The fraction of sp³-hybridized carbons (Fsp3) is 0.381. The second kappa shape index (κ2) is 42.2. The van der Waals surface area contributed by atoms with E-state index in [4.69, 9.17) is 30.5 Å². The normalized spacial score (nSPS) is 10.4. The van der Waals surface area contributed by atoms with Crippen LogP contribution in [0.1, 0.15) is 199 Å². The number of ether oxygens (including phenoxy) is 4. The molecule has 516 valence electrons. The molecule has 0 atom stereocenters. The molecule has 0 bridgehead atoms. The SMILES string of the molecule is C.C.C.C.C.C.C.C.CCC(C)(C)C(=O)Oc1ccc(-c2ccc(C(C)C)cc2)cc1.CCC(C)(C)C(=O)Oc1ccc(-c2ccc(C)cc2)cc1.CCC(C)(C)C(=O)Oc1ccc(-c2ccc(Cl)cc2)cc1.CCC(C)(C)C(=O)Oc1ccc(-c2ccc(F)cc2)cc1.